The van der Waals surface area contributed by atoms with E-state index in [1.165, 1.54) is 11.3 Å². The second kappa shape index (κ2) is 4.71. The Labute approximate surface area is 123 Å². The van der Waals surface area contributed by atoms with Crippen LogP contribution in [0, 0.1) is 6.92 Å². The second-order valence-electron chi connectivity index (χ2n) is 4.40. The average Bonchev–Trinajstić information content (AvgIpc) is 3.20. The van der Waals surface area contributed by atoms with Crippen molar-refractivity contribution in [1.29, 1.82) is 0 Å². The van der Waals surface area contributed by atoms with Gasteiger partial charge in [0, 0.05) is 0 Å². The zero-order valence-corrected chi connectivity index (χ0v) is 11.9. The van der Waals surface area contributed by atoms with E-state index < -0.39 is 0 Å². The van der Waals surface area contributed by atoms with Crippen molar-refractivity contribution in [3.05, 3.63) is 47.3 Å². The molecule has 0 saturated heterocycles. The summed E-state index contributed by atoms with van der Waals surface area (Å²) < 4.78 is 12.3. The molecule has 4 aromatic heterocycles. The summed E-state index contributed by atoms with van der Waals surface area (Å²) in [5.41, 5.74) is 0.898. The lowest BCUT2D eigenvalue weighted by Crippen LogP contribution is -1.90. The van der Waals surface area contributed by atoms with E-state index in [2.05, 4.69) is 15.3 Å². The highest BCUT2D eigenvalue weighted by atomic mass is 32.1. The lowest BCUT2D eigenvalue weighted by atomic mass is 10.2. The second-order valence-corrected chi connectivity index (χ2v) is 5.39. The van der Waals surface area contributed by atoms with Gasteiger partial charge in [-0.05, 0) is 37.3 Å². The lowest BCUT2D eigenvalue weighted by Gasteiger charge is -1.92. The molecule has 0 bridgehead atoms. The Hall–Kier alpha value is -2.67. The molecule has 0 spiro atoms. The number of hydrogen-bond donors (Lipinski definition) is 0. The third-order valence-corrected chi connectivity index (χ3v) is 3.90. The van der Waals surface area contributed by atoms with Crippen molar-refractivity contribution in [2.45, 2.75) is 6.92 Å². The van der Waals surface area contributed by atoms with Gasteiger partial charge in [-0.3, -0.25) is 0 Å². The molecule has 104 valence electrons. The van der Waals surface area contributed by atoms with Crippen LogP contribution in [0.4, 0.5) is 0 Å². The number of rotatable bonds is 3. The molecule has 0 radical (unpaired) electrons. The Morgan fingerprint density at radius 3 is 2.86 bits per heavy atom. The van der Waals surface area contributed by atoms with E-state index >= 15 is 0 Å². The molecule has 0 fully saturated rings. The topological polar surface area (TPSA) is 69.4 Å². The third-order valence-electron chi connectivity index (χ3n) is 3.04. The molecule has 0 aliphatic heterocycles. The number of aryl methyl sites for hydroxylation is 1. The molecule has 0 aliphatic carbocycles. The van der Waals surface area contributed by atoms with Crippen LogP contribution < -0.4 is 0 Å². The van der Waals surface area contributed by atoms with Gasteiger partial charge in [0.1, 0.15) is 16.5 Å². The largest absolute Gasteiger partial charge is 0.469 e. The van der Waals surface area contributed by atoms with Crippen molar-refractivity contribution in [1.82, 2.24) is 19.8 Å². The summed E-state index contributed by atoms with van der Waals surface area (Å²) >= 11 is 1.46. The molecule has 6 nitrogen and oxygen atoms in total. The fourth-order valence-electron chi connectivity index (χ4n) is 2.02. The van der Waals surface area contributed by atoms with Gasteiger partial charge in [-0.15, -0.1) is 10.2 Å². The average molecular weight is 298 g/mol. The fraction of sp³-hybridized carbons (Fsp3) is 0.0714. The summed E-state index contributed by atoms with van der Waals surface area (Å²) in [7, 11) is 0. The van der Waals surface area contributed by atoms with Gasteiger partial charge in [-0.25, -0.2) is 0 Å². The van der Waals surface area contributed by atoms with Gasteiger partial charge in [0.2, 0.25) is 4.96 Å². The van der Waals surface area contributed by atoms with Crippen molar-refractivity contribution in [3.8, 4) is 11.4 Å². The molecule has 0 atom stereocenters. The first-order valence-electron chi connectivity index (χ1n) is 6.29. The predicted molar refractivity (Wildman–Crippen MR) is 78.7 cm³/mol. The first-order valence-corrected chi connectivity index (χ1v) is 7.11. The Kier molecular flexibility index (Phi) is 2.71. The van der Waals surface area contributed by atoms with E-state index in [-0.39, 0.29) is 0 Å². The summed E-state index contributed by atoms with van der Waals surface area (Å²) in [6, 6.07) is 5.60. The van der Waals surface area contributed by atoms with Gasteiger partial charge in [-0.1, -0.05) is 11.3 Å². The third kappa shape index (κ3) is 2.07. The first kappa shape index (κ1) is 12.1. The standard InChI is InChI=1S/C14H10N4O2S/c1-9-11(6-8-19-9)13-15-16-14-18(13)17-12(21-14)5-4-10-3-2-7-20-10/h2-8H,1H3. The van der Waals surface area contributed by atoms with E-state index in [1.54, 1.807) is 17.0 Å². The van der Waals surface area contributed by atoms with E-state index in [0.717, 1.165) is 27.1 Å². The normalized spacial score (nSPS) is 11.9. The summed E-state index contributed by atoms with van der Waals surface area (Å²) in [6.07, 6.45) is 7.03. The zero-order chi connectivity index (χ0) is 14.2. The Morgan fingerprint density at radius 1 is 1.14 bits per heavy atom. The van der Waals surface area contributed by atoms with Gasteiger partial charge in [0.05, 0.1) is 18.1 Å². The number of nitrogens with zero attached hydrogens (tertiary/aromatic N) is 4. The molecule has 4 heterocycles. The minimum absolute atomic E-state index is 0.685. The van der Waals surface area contributed by atoms with Gasteiger partial charge in [-0.2, -0.15) is 9.61 Å². The van der Waals surface area contributed by atoms with E-state index in [4.69, 9.17) is 8.83 Å². The molecule has 4 rings (SSSR count). The van der Waals surface area contributed by atoms with Crippen LogP contribution in [0.5, 0.6) is 0 Å². The smallest absolute Gasteiger partial charge is 0.235 e. The van der Waals surface area contributed by atoms with Crippen LogP contribution in [0.15, 0.2) is 39.6 Å². The van der Waals surface area contributed by atoms with Crippen LogP contribution in [-0.4, -0.2) is 19.8 Å². The quantitative estimate of drug-likeness (QED) is 0.579. The summed E-state index contributed by atoms with van der Waals surface area (Å²) in [6.45, 7) is 1.89. The van der Waals surface area contributed by atoms with Crippen LogP contribution in [0.3, 0.4) is 0 Å². The molecule has 0 amide bonds. The Morgan fingerprint density at radius 2 is 2.10 bits per heavy atom. The fourth-order valence-corrected chi connectivity index (χ4v) is 2.76. The highest BCUT2D eigenvalue weighted by Crippen LogP contribution is 2.25. The molecule has 0 N–H and O–H groups in total. The lowest BCUT2D eigenvalue weighted by molar-refractivity contribution is 0.535. The van der Waals surface area contributed by atoms with Crippen molar-refractivity contribution < 1.29 is 8.83 Å². The summed E-state index contributed by atoms with van der Waals surface area (Å²) in [5.74, 6) is 2.27. The highest BCUT2D eigenvalue weighted by molar-refractivity contribution is 7.17. The molecule has 0 aromatic carbocycles. The van der Waals surface area contributed by atoms with Gasteiger partial charge < -0.3 is 8.83 Å². The maximum absolute atomic E-state index is 5.31. The van der Waals surface area contributed by atoms with Crippen molar-refractivity contribution in [2.75, 3.05) is 0 Å². The predicted octanol–water partition coefficient (Wildman–Crippen LogP) is 3.52. The SMILES string of the molecule is Cc1occc1-c1nnc2sc(C=Cc3ccco3)nn12. The molecular weight excluding hydrogens is 288 g/mol. The minimum Gasteiger partial charge on any atom is -0.469 e. The zero-order valence-electron chi connectivity index (χ0n) is 11.1. The molecule has 0 aliphatic rings. The summed E-state index contributed by atoms with van der Waals surface area (Å²) in [5, 5.41) is 13.7. The first-order chi connectivity index (χ1) is 10.3. The number of fused-ring (bicyclic) bond motifs is 1. The van der Waals surface area contributed by atoms with Gasteiger partial charge >= 0.3 is 0 Å². The molecule has 21 heavy (non-hydrogen) atoms. The number of aromatic nitrogens is 4. The maximum Gasteiger partial charge on any atom is 0.235 e. The van der Waals surface area contributed by atoms with E-state index in [9.17, 15) is 0 Å². The number of hydrogen-bond acceptors (Lipinski definition) is 6. The minimum atomic E-state index is 0.685. The van der Waals surface area contributed by atoms with E-state index in [0.29, 0.717) is 5.82 Å². The molecule has 0 saturated carbocycles. The van der Waals surface area contributed by atoms with Crippen molar-refractivity contribution in [3.63, 3.8) is 0 Å². The Bertz CT molecular complexity index is 914. The molecule has 0 unspecified atom stereocenters. The highest BCUT2D eigenvalue weighted by Gasteiger charge is 2.15. The van der Waals surface area contributed by atoms with Crippen LogP contribution in [-0.2, 0) is 0 Å². The molecule has 4 aromatic rings. The molecular formula is C14H10N4O2S. The van der Waals surface area contributed by atoms with Crippen molar-refractivity contribution in [2.24, 2.45) is 0 Å². The Balaban J connectivity index is 1.74. The van der Waals surface area contributed by atoms with Gasteiger partial charge in [0.15, 0.2) is 5.82 Å². The van der Waals surface area contributed by atoms with Crippen LogP contribution in [0.1, 0.15) is 16.5 Å². The summed E-state index contributed by atoms with van der Waals surface area (Å²) in [4.78, 5) is 0.740. The van der Waals surface area contributed by atoms with Crippen molar-refractivity contribution >= 4 is 28.4 Å². The number of furan rings is 2. The van der Waals surface area contributed by atoms with Crippen LogP contribution in [0.2, 0.25) is 0 Å². The monoisotopic (exact) mass is 298 g/mol. The molecule has 7 heteroatoms. The van der Waals surface area contributed by atoms with Crippen LogP contribution >= 0.6 is 11.3 Å². The van der Waals surface area contributed by atoms with Crippen LogP contribution in [0.25, 0.3) is 28.5 Å². The van der Waals surface area contributed by atoms with E-state index in [1.807, 2.05) is 37.3 Å². The van der Waals surface area contributed by atoms with Gasteiger partial charge in [0.25, 0.3) is 0 Å². The maximum atomic E-state index is 5.31.